The van der Waals surface area contributed by atoms with Gasteiger partial charge in [-0.3, -0.25) is 4.79 Å². The maximum absolute atomic E-state index is 11.3. The molecule has 0 amide bonds. The van der Waals surface area contributed by atoms with Crippen LogP contribution in [0.1, 0.15) is 11.3 Å². The van der Waals surface area contributed by atoms with E-state index in [2.05, 4.69) is 9.97 Å². The highest BCUT2D eigenvalue weighted by Crippen LogP contribution is 2.14. The van der Waals surface area contributed by atoms with Gasteiger partial charge in [0.05, 0.1) is 6.61 Å². The highest BCUT2D eigenvalue weighted by atomic mass is 32.2. The van der Waals surface area contributed by atoms with E-state index in [-0.39, 0.29) is 5.56 Å². The fourth-order valence-corrected chi connectivity index (χ4v) is 2.29. The molecule has 4 nitrogen and oxygen atoms in total. The Morgan fingerprint density at radius 1 is 1.26 bits per heavy atom. The molecule has 0 aliphatic carbocycles. The Balaban J connectivity index is 1.80. The summed E-state index contributed by atoms with van der Waals surface area (Å²) in [6, 6.07) is 9.41. The lowest BCUT2D eigenvalue weighted by Crippen LogP contribution is -2.09. The molecule has 5 heteroatoms. The Bertz CT molecular complexity index is 593. The normalized spacial score (nSPS) is 10.4. The first-order chi connectivity index (χ1) is 9.13. The predicted octanol–water partition coefficient (Wildman–Crippen LogP) is 2.56. The lowest BCUT2D eigenvalue weighted by Gasteiger charge is -2.06. The van der Waals surface area contributed by atoms with Gasteiger partial charge >= 0.3 is 0 Å². The predicted molar refractivity (Wildman–Crippen MR) is 77.0 cm³/mol. The molecule has 1 aromatic carbocycles. The van der Waals surface area contributed by atoms with Crippen LogP contribution in [0.2, 0.25) is 0 Å². The standard InChI is InChI=1S/C14H16N2O2S/c1-10-3-5-12(6-4-10)18-7-8-19-14-15-11(2)9-13(17)16-14/h3-6,9H,7-8H2,1-2H3,(H,15,16,17). The van der Waals surface area contributed by atoms with Crippen molar-refractivity contribution in [1.82, 2.24) is 9.97 Å². The number of hydrogen-bond donors (Lipinski definition) is 1. The summed E-state index contributed by atoms with van der Waals surface area (Å²) in [5.74, 6) is 1.59. The van der Waals surface area contributed by atoms with E-state index in [1.807, 2.05) is 38.1 Å². The van der Waals surface area contributed by atoms with Gasteiger partial charge in [-0.05, 0) is 26.0 Å². The van der Waals surface area contributed by atoms with Gasteiger partial charge < -0.3 is 9.72 Å². The summed E-state index contributed by atoms with van der Waals surface area (Å²) >= 11 is 1.48. The number of thioether (sulfide) groups is 1. The van der Waals surface area contributed by atoms with Crippen LogP contribution in [0.5, 0.6) is 5.75 Å². The second kappa shape index (κ2) is 6.43. The average Bonchev–Trinajstić information content (AvgIpc) is 2.36. The Morgan fingerprint density at radius 2 is 2.00 bits per heavy atom. The summed E-state index contributed by atoms with van der Waals surface area (Å²) in [6.07, 6.45) is 0. The van der Waals surface area contributed by atoms with Gasteiger partial charge in [0.25, 0.3) is 5.56 Å². The fourth-order valence-electron chi connectivity index (χ4n) is 1.55. The molecule has 0 atom stereocenters. The molecule has 2 rings (SSSR count). The zero-order chi connectivity index (χ0) is 13.7. The SMILES string of the molecule is Cc1ccc(OCCSc2nc(C)cc(=O)[nH]2)cc1. The van der Waals surface area contributed by atoms with Crippen LogP contribution in [0.15, 0.2) is 40.3 Å². The van der Waals surface area contributed by atoms with Crippen molar-refractivity contribution < 1.29 is 4.74 Å². The Hall–Kier alpha value is -1.75. The molecule has 0 bridgehead atoms. The van der Waals surface area contributed by atoms with Gasteiger partial charge in [-0.1, -0.05) is 29.5 Å². The van der Waals surface area contributed by atoms with E-state index in [0.29, 0.717) is 11.8 Å². The van der Waals surface area contributed by atoms with E-state index < -0.39 is 0 Å². The molecule has 0 aliphatic rings. The summed E-state index contributed by atoms with van der Waals surface area (Å²) in [7, 11) is 0. The fraction of sp³-hybridized carbons (Fsp3) is 0.286. The molecular weight excluding hydrogens is 260 g/mol. The smallest absolute Gasteiger partial charge is 0.251 e. The quantitative estimate of drug-likeness (QED) is 0.518. The third-order valence-electron chi connectivity index (χ3n) is 2.46. The van der Waals surface area contributed by atoms with E-state index in [9.17, 15) is 4.79 Å². The van der Waals surface area contributed by atoms with Crippen molar-refractivity contribution in [1.29, 1.82) is 0 Å². The molecule has 0 unspecified atom stereocenters. The van der Waals surface area contributed by atoms with E-state index >= 15 is 0 Å². The molecule has 0 saturated carbocycles. The van der Waals surface area contributed by atoms with E-state index in [1.165, 1.54) is 23.4 Å². The van der Waals surface area contributed by atoms with Gasteiger partial charge in [-0.2, -0.15) is 0 Å². The lowest BCUT2D eigenvalue weighted by molar-refractivity contribution is 0.344. The minimum absolute atomic E-state index is 0.116. The maximum atomic E-state index is 11.3. The van der Waals surface area contributed by atoms with Crippen LogP contribution in [0.25, 0.3) is 0 Å². The third kappa shape index (κ3) is 4.44. The number of ether oxygens (including phenoxy) is 1. The van der Waals surface area contributed by atoms with Crippen molar-refractivity contribution in [2.45, 2.75) is 19.0 Å². The van der Waals surface area contributed by atoms with Crippen molar-refractivity contribution in [3.8, 4) is 5.75 Å². The first-order valence-electron chi connectivity index (χ1n) is 6.04. The molecule has 0 saturated heterocycles. The Morgan fingerprint density at radius 3 is 2.68 bits per heavy atom. The van der Waals surface area contributed by atoms with Gasteiger partial charge in [0.2, 0.25) is 0 Å². The van der Waals surface area contributed by atoms with Gasteiger partial charge in [-0.25, -0.2) is 4.98 Å². The van der Waals surface area contributed by atoms with Gasteiger partial charge in [0, 0.05) is 17.5 Å². The molecule has 1 N–H and O–H groups in total. The highest BCUT2D eigenvalue weighted by Gasteiger charge is 1.99. The topological polar surface area (TPSA) is 55.0 Å². The highest BCUT2D eigenvalue weighted by molar-refractivity contribution is 7.99. The number of rotatable bonds is 5. The van der Waals surface area contributed by atoms with Crippen LogP contribution in [0.4, 0.5) is 0 Å². The lowest BCUT2D eigenvalue weighted by atomic mass is 10.2. The third-order valence-corrected chi connectivity index (χ3v) is 3.30. The molecule has 0 spiro atoms. The number of aromatic amines is 1. The number of nitrogens with one attached hydrogen (secondary N) is 1. The average molecular weight is 276 g/mol. The second-order valence-corrected chi connectivity index (χ2v) is 5.29. The molecule has 0 radical (unpaired) electrons. The second-order valence-electron chi connectivity index (χ2n) is 4.20. The molecule has 1 aromatic heterocycles. The molecule has 100 valence electrons. The minimum Gasteiger partial charge on any atom is -0.493 e. The number of aromatic nitrogens is 2. The van der Waals surface area contributed by atoms with Crippen LogP contribution in [0, 0.1) is 13.8 Å². The minimum atomic E-state index is -0.116. The summed E-state index contributed by atoms with van der Waals surface area (Å²) < 4.78 is 5.60. The first kappa shape index (κ1) is 13.7. The summed E-state index contributed by atoms with van der Waals surface area (Å²) in [6.45, 7) is 4.42. The van der Waals surface area contributed by atoms with Crippen molar-refractivity contribution in [3.63, 3.8) is 0 Å². The number of H-pyrrole nitrogens is 1. The maximum Gasteiger partial charge on any atom is 0.251 e. The molecule has 1 heterocycles. The Labute approximate surface area is 116 Å². The van der Waals surface area contributed by atoms with Gasteiger partial charge in [-0.15, -0.1) is 0 Å². The van der Waals surface area contributed by atoms with E-state index in [0.717, 1.165) is 17.2 Å². The zero-order valence-corrected chi connectivity index (χ0v) is 11.8. The Kier molecular flexibility index (Phi) is 4.63. The molecular formula is C14H16N2O2S. The van der Waals surface area contributed by atoms with Crippen molar-refractivity contribution >= 4 is 11.8 Å². The molecule has 0 aliphatic heterocycles. The van der Waals surface area contributed by atoms with E-state index in [4.69, 9.17) is 4.74 Å². The zero-order valence-electron chi connectivity index (χ0n) is 11.0. The van der Waals surface area contributed by atoms with Crippen LogP contribution in [0.3, 0.4) is 0 Å². The number of benzene rings is 1. The van der Waals surface area contributed by atoms with Crippen molar-refractivity contribution in [2.24, 2.45) is 0 Å². The van der Waals surface area contributed by atoms with Crippen molar-refractivity contribution in [2.75, 3.05) is 12.4 Å². The molecule has 19 heavy (non-hydrogen) atoms. The summed E-state index contributed by atoms with van der Waals surface area (Å²) in [5.41, 5.74) is 1.82. The number of nitrogens with zero attached hydrogens (tertiary/aromatic N) is 1. The molecule has 2 aromatic rings. The van der Waals surface area contributed by atoms with Gasteiger partial charge in [0.1, 0.15) is 5.75 Å². The first-order valence-corrected chi connectivity index (χ1v) is 7.02. The monoisotopic (exact) mass is 276 g/mol. The summed E-state index contributed by atoms with van der Waals surface area (Å²) in [4.78, 5) is 18.2. The largest absolute Gasteiger partial charge is 0.493 e. The van der Waals surface area contributed by atoms with Crippen LogP contribution >= 0.6 is 11.8 Å². The van der Waals surface area contributed by atoms with Crippen LogP contribution < -0.4 is 10.3 Å². The molecule has 0 fully saturated rings. The number of hydrogen-bond acceptors (Lipinski definition) is 4. The number of aryl methyl sites for hydroxylation is 2. The van der Waals surface area contributed by atoms with Gasteiger partial charge in [0.15, 0.2) is 5.16 Å². The van der Waals surface area contributed by atoms with E-state index in [1.54, 1.807) is 0 Å². The van der Waals surface area contributed by atoms with Crippen molar-refractivity contribution in [3.05, 3.63) is 51.9 Å². The van der Waals surface area contributed by atoms with Crippen LogP contribution in [-0.4, -0.2) is 22.3 Å². The van der Waals surface area contributed by atoms with Crippen LogP contribution in [-0.2, 0) is 0 Å². The summed E-state index contributed by atoms with van der Waals surface area (Å²) in [5, 5.41) is 0.637.